The molecule has 0 radical (unpaired) electrons. The van der Waals surface area contributed by atoms with Crippen molar-refractivity contribution in [2.45, 2.75) is 0 Å². The molecule has 0 bridgehead atoms. The van der Waals surface area contributed by atoms with Gasteiger partial charge in [-0.3, -0.25) is 9.00 Å². The molecule has 2 N–H and O–H groups in total. The number of nitrogens with zero attached hydrogens (tertiary/aromatic N) is 1. The van der Waals surface area contributed by atoms with Crippen molar-refractivity contribution in [2.24, 2.45) is 5.73 Å². The van der Waals surface area contributed by atoms with E-state index in [4.69, 9.17) is 17.3 Å². The summed E-state index contributed by atoms with van der Waals surface area (Å²) in [7, 11) is -0.796. The van der Waals surface area contributed by atoms with Crippen LogP contribution in [0.25, 0.3) is 0 Å². The van der Waals surface area contributed by atoms with Gasteiger partial charge in [-0.1, -0.05) is 23.4 Å². The molecular formula is C14H15ClN2O2S. The highest BCUT2D eigenvalue weighted by molar-refractivity contribution is 7.85. The van der Waals surface area contributed by atoms with E-state index in [1.165, 1.54) is 0 Å². The minimum Gasteiger partial charge on any atom is -0.337 e. The minimum atomic E-state index is -0.796. The van der Waals surface area contributed by atoms with Crippen LogP contribution in [0, 0.1) is 11.8 Å². The monoisotopic (exact) mass is 310 g/mol. The zero-order valence-corrected chi connectivity index (χ0v) is 12.5. The number of benzene rings is 1. The lowest BCUT2D eigenvalue weighted by molar-refractivity contribution is 0.0771. The SMILES string of the molecule is NCC#Cc1ccc(C(=O)N2CCS(=O)CC2)cc1Cl. The molecule has 106 valence electrons. The smallest absolute Gasteiger partial charge is 0.253 e. The van der Waals surface area contributed by atoms with Crippen LogP contribution in [0.2, 0.25) is 5.02 Å². The number of carbonyl (C=O) groups excluding carboxylic acids is 1. The van der Waals surface area contributed by atoms with Gasteiger partial charge < -0.3 is 10.6 Å². The van der Waals surface area contributed by atoms with Gasteiger partial charge in [-0.25, -0.2) is 0 Å². The molecule has 1 amide bonds. The number of halogens is 1. The normalized spacial score (nSPS) is 15.6. The van der Waals surface area contributed by atoms with Crippen molar-refractivity contribution in [3.05, 3.63) is 34.3 Å². The average Bonchev–Trinajstić information content (AvgIpc) is 2.46. The molecule has 0 spiro atoms. The minimum absolute atomic E-state index is 0.0815. The van der Waals surface area contributed by atoms with Crippen LogP contribution >= 0.6 is 11.6 Å². The Kier molecular flexibility index (Phi) is 5.18. The number of hydrogen-bond acceptors (Lipinski definition) is 3. The summed E-state index contributed by atoms with van der Waals surface area (Å²) in [6.45, 7) is 1.32. The summed E-state index contributed by atoms with van der Waals surface area (Å²) < 4.78 is 11.3. The molecule has 4 nitrogen and oxygen atoms in total. The zero-order valence-electron chi connectivity index (χ0n) is 10.9. The standard InChI is InChI=1S/C14H15ClN2O2S/c15-13-10-12(4-3-11(13)2-1-5-16)14(18)17-6-8-20(19)9-7-17/h3-4,10H,5-9,16H2. The third-order valence-electron chi connectivity index (χ3n) is 3.01. The van der Waals surface area contributed by atoms with E-state index < -0.39 is 10.8 Å². The Hall–Kier alpha value is -1.35. The molecule has 0 atom stereocenters. The second kappa shape index (κ2) is 6.89. The fraction of sp³-hybridized carbons (Fsp3) is 0.357. The van der Waals surface area contributed by atoms with Gasteiger partial charge in [0.05, 0.1) is 11.6 Å². The first-order valence-electron chi connectivity index (χ1n) is 6.24. The van der Waals surface area contributed by atoms with Crippen LogP contribution in [0.5, 0.6) is 0 Å². The van der Waals surface area contributed by atoms with Crippen molar-refractivity contribution in [3.8, 4) is 11.8 Å². The van der Waals surface area contributed by atoms with E-state index >= 15 is 0 Å². The maximum atomic E-state index is 12.3. The Morgan fingerprint density at radius 3 is 2.70 bits per heavy atom. The second-order valence-electron chi connectivity index (χ2n) is 4.34. The first-order valence-corrected chi connectivity index (χ1v) is 8.11. The molecule has 1 heterocycles. The highest BCUT2D eigenvalue weighted by atomic mass is 35.5. The largest absolute Gasteiger partial charge is 0.337 e. The molecule has 20 heavy (non-hydrogen) atoms. The van der Waals surface area contributed by atoms with Crippen LogP contribution in [0.1, 0.15) is 15.9 Å². The third-order valence-corrected chi connectivity index (χ3v) is 4.59. The highest BCUT2D eigenvalue weighted by Gasteiger charge is 2.21. The molecule has 6 heteroatoms. The predicted octanol–water partition coefficient (Wildman–Crippen LogP) is 0.855. The molecule has 0 aromatic heterocycles. The molecule has 1 aliphatic heterocycles. The lowest BCUT2D eigenvalue weighted by Gasteiger charge is -2.26. The van der Waals surface area contributed by atoms with E-state index in [1.807, 2.05) is 0 Å². The summed E-state index contributed by atoms with van der Waals surface area (Å²) in [5.41, 5.74) is 6.50. The van der Waals surface area contributed by atoms with E-state index in [9.17, 15) is 9.00 Å². The van der Waals surface area contributed by atoms with Gasteiger partial charge in [-0.2, -0.15) is 0 Å². The molecule has 1 fully saturated rings. The van der Waals surface area contributed by atoms with Gasteiger partial charge in [0.25, 0.3) is 5.91 Å². The molecule has 1 aromatic rings. The molecule has 0 unspecified atom stereocenters. The Balaban J connectivity index is 2.15. The fourth-order valence-corrected chi connectivity index (χ4v) is 3.20. The first kappa shape index (κ1) is 15.0. The lowest BCUT2D eigenvalue weighted by atomic mass is 10.1. The van der Waals surface area contributed by atoms with Crippen LogP contribution in [0.3, 0.4) is 0 Å². The predicted molar refractivity (Wildman–Crippen MR) is 81.2 cm³/mol. The van der Waals surface area contributed by atoms with Crippen molar-refractivity contribution in [1.82, 2.24) is 4.90 Å². The van der Waals surface area contributed by atoms with E-state index in [0.717, 1.165) is 0 Å². The fourth-order valence-electron chi connectivity index (χ4n) is 1.92. The molecule has 0 aliphatic carbocycles. The summed E-state index contributed by atoms with van der Waals surface area (Å²) in [6.07, 6.45) is 0. The van der Waals surface area contributed by atoms with Crippen LogP contribution in [-0.2, 0) is 10.8 Å². The van der Waals surface area contributed by atoms with E-state index in [0.29, 0.717) is 40.7 Å². The Morgan fingerprint density at radius 1 is 1.40 bits per heavy atom. The Bertz CT molecular complexity index is 597. The van der Waals surface area contributed by atoms with Gasteiger partial charge >= 0.3 is 0 Å². The van der Waals surface area contributed by atoms with Crippen LogP contribution in [0.15, 0.2) is 18.2 Å². The van der Waals surface area contributed by atoms with Crippen molar-refractivity contribution in [1.29, 1.82) is 0 Å². The number of rotatable bonds is 1. The van der Waals surface area contributed by atoms with Gasteiger partial charge in [0.2, 0.25) is 0 Å². The highest BCUT2D eigenvalue weighted by Crippen LogP contribution is 2.18. The lowest BCUT2D eigenvalue weighted by Crippen LogP contribution is -2.41. The van der Waals surface area contributed by atoms with Gasteiger partial charge in [-0.05, 0) is 18.2 Å². The maximum Gasteiger partial charge on any atom is 0.253 e. The summed E-state index contributed by atoms with van der Waals surface area (Å²) in [6, 6.07) is 5.05. The van der Waals surface area contributed by atoms with Gasteiger partial charge in [0.15, 0.2) is 0 Å². The van der Waals surface area contributed by atoms with E-state index in [1.54, 1.807) is 23.1 Å². The summed E-state index contributed by atoms with van der Waals surface area (Å²) in [5, 5.41) is 0.442. The summed E-state index contributed by atoms with van der Waals surface area (Å²) in [5.74, 6) is 6.58. The number of amides is 1. The van der Waals surface area contributed by atoms with Crippen molar-refractivity contribution < 1.29 is 9.00 Å². The average molecular weight is 311 g/mol. The molecule has 1 saturated heterocycles. The molecule has 0 saturated carbocycles. The van der Waals surface area contributed by atoms with Crippen molar-refractivity contribution in [3.63, 3.8) is 0 Å². The van der Waals surface area contributed by atoms with Crippen molar-refractivity contribution >= 4 is 28.3 Å². The van der Waals surface area contributed by atoms with E-state index in [-0.39, 0.29) is 12.5 Å². The zero-order chi connectivity index (χ0) is 14.5. The number of nitrogens with two attached hydrogens (primary N) is 1. The first-order chi connectivity index (χ1) is 9.61. The van der Waals surface area contributed by atoms with E-state index in [2.05, 4.69) is 11.8 Å². The van der Waals surface area contributed by atoms with Crippen LogP contribution in [-0.4, -0.2) is 46.2 Å². The second-order valence-corrected chi connectivity index (χ2v) is 6.44. The van der Waals surface area contributed by atoms with Gasteiger partial charge in [0.1, 0.15) is 0 Å². The number of carbonyl (C=O) groups is 1. The quantitative estimate of drug-likeness (QED) is 0.782. The van der Waals surface area contributed by atoms with Gasteiger partial charge in [-0.15, -0.1) is 0 Å². The Labute approximate surface area is 125 Å². The Morgan fingerprint density at radius 2 is 2.10 bits per heavy atom. The third kappa shape index (κ3) is 3.60. The van der Waals surface area contributed by atoms with Crippen LogP contribution in [0.4, 0.5) is 0 Å². The molecular weight excluding hydrogens is 296 g/mol. The topological polar surface area (TPSA) is 63.4 Å². The molecule has 1 aromatic carbocycles. The number of hydrogen-bond donors (Lipinski definition) is 1. The van der Waals surface area contributed by atoms with Crippen LogP contribution < -0.4 is 5.73 Å². The summed E-state index contributed by atoms with van der Waals surface area (Å²) >= 11 is 6.11. The molecule has 2 rings (SSSR count). The van der Waals surface area contributed by atoms with Crippen molar-refractivity contribution in [2.75, 3.05) is 31.1 Å². The maximum absolute atomic E-state index is 12.3. The molecule has 1 aliphatic rings. The van der Waals surface area contributed by atoms with Gasteiger partial charge in [0, 0.05) is 46.5 Å². The summed E-state index contributed by atoms with van der Waals surface area (Å²) in [4.78, 5) is 14.0.